The Kier molecular flexibility index (Phi) is 8.47. The van der Waals surface area contributed by atoms with Crippen LogP contribution in [0.1, 0.15) is 19.3 Å². The van der Waals surface area contributed by atoms with Crippen LogP contribution in [0.4, 0.5) is 0 Å². The molecule has 6 N–H and O–H groups in total. The number of carbonyl (C=O) groups is 1. The Labute approximate surface area is 127 Å². The molecule has 0 aliphatic carbocycles. The number of carbonyl (C=O) groups excluding carboxylic acids is 1. The molecule has 0 aromatic heterocycles. The molecule has 0 radical (unpaired) electrons. The molecule has 1 amide bonds. The van der Waals surface area contributed by atoms with Gasteiger partial charge < -0.3 is 34.7 Å². The van der Waals surface area contributed by atoms with Crippen molar-refractivity contribution in [3.8, 4) is 12.3 Å². The molecule has 0 heterocycles. The number of hydrogen-bond acceptors (Lipinski definition) is 5. The minimum atomic E-state index is -5.46. The van der Waals surface area contributed by atoms with Crippen LogP contribution < -0.4 is 5.32 Å². The van der Waals surface area contributed by atoms with Crippen LogP contribution in [-0.4, -0.2) is 55.4 Å². The van der Waals surface area contributed by atoms with E-state index in [-0.39, 0.29) is 32.6 Å². The number of aliphatic hydroxyl groups is 1. The first-order valence-corrected chi connectivity index (χ1v) is 9.30. The second-order valence-electron chi connectivity index (χ2n) is 4.32. The van der Waals surface area contributed by atoms with E-state index in [1.54, 1.807) is 0 Å². The minimum Gasteiger partial charge on any atom is -0.368 e. The second kappa shape index (κ2) is 8.77. The highest BCUT2D eigenvalue weighted by Crippen LogP contribution is 2.69. The summed E-state index contributed by atoms with van der Waals surface area (Å²) in [5.41, 5.74) is 0. The van der Waals surface area contributed by atoms with Gasteiger partial charge in [0.1, 0.15) is 6.61 Å². The van der Waals surface area contributed by atoms with E-state index in [4.69, 9.17) is 30.7 Å². The standard InChI is InChI=1S/C10H19NO9P2/c1-2-7-20-8-4-9(12)11-6-3-5-10(13,21(14,15)16)22(17,18)19/h1,13H,3-8H2,(H,11,12)(H2,14,15,16)(H2,17,18,19). The van der Waals surface area contributed by atoms with Gasteiger partial charge in [0, 0.05) is 13.0 Å². The highest BCUT2D eigenvalue weighted by Gasteiger charge is 2.58. The van der Waals surface area contributed by atoms with Crippen LogP contribution in [0.5, 0.6) is 0 Å². The Morgan fingerprint density at radius 2 is 1.77 bits per heavy atom. The van der Waals surface area contributed by atoms with Crippen molar-refractivity contribution in [3.05, 3.63) is 0 Å². The van der Waals surface area contributed by atoms with E-state index in [1.165, 1.54) is 0 Å². The molecule has 10 nitrogen and oxygen atoms in total. The van der Waals surface area contributed by atoms with Crippen LogP contribution in [0.2, 0.25) is 0 Å². The molecule has 128 valence electrons. The van der Waals surface area contributed by atoms with Crippen LogP contribution in [0.3, 0.4) is 0 Å². The van der Waals surface area contributed by atoms with E-state index in [0.29, 0.717) is 0 Å². The summed E-state index contributed by atoms with van der Waals surface area (Å²) in [4.78, 5) is 46.9. The molecule has 0 aromatic rings. The minimum absolute atomic E-state index is 0.00291. The molecule has 0 aromatic carbocycles. The molecule has 0 bridgehead atoms. The average molecular weight is 359 g/mol. The zero-order valence-corrected chi connectivity index (χ0v) is 13.4. The molecule has 0 aliphatic rings. The summed E-state index contributed by atoms with van der Waals surface area (Å²) in [7, 11) is -10.9. The molecule has 0 spiro atoms. The molecular formula is C10H19NO9P2. The third kappa shape index (κ3) is 6.57. The number of terminal acetylenes is 1. The van der Waals surface area contributed by atoms with E-state index in [2.05, 4.69) is 11.2 Å². The van der Waals surface area contributed by atoms with Gasteiger partial charge in [-0.05, 0) is 6.42 Å². The number of amides is 1. The number of nitrogens with one attached hydrogen (secondary N) is 1. The molecule has 12 heteroatoms. The average Bonchev–Trinajstić information content (AvgIpc) is 2.37. The van der Waals surface area contributed by atoms with Crippen molar-refractivity contribution in [1.29, 1.82) is 0 Å². The fourth-order valence-corrected chi connectivity index (χ4v) is 3.66. The van der Waals surface area contributed by atoms with Gasteiger partial charge in [-0.3, -0.25) is 13.9 Å². The highest BCUT2D eigenvalue weighted by molar-refractivity contribution is 7.72. The lowest BCUT2D eigenvalue weighted by Gasteiger charge is -2.29. The predicted molar refractivity (Wildman–Crippen MR) is 75.6 cm³/mol. The van der Waals surface area contributed by atoms with Crippen molar-refractivity contribution < 1.29 is 43.3 Å². The monoisotopic (exact) mass is 359 g/mol. The molecule has 0 atom stereocenters. The maximum absolute atomic E-state index is 11.3. The lowest BCUT2D eigenvalue weighted by atomic mass is 10.3. The van der Waals surface area contributed by atoms with Crippen LogP contribution in [0, 0.1) is 12.3 Å². The highest BCUT2D eigenvalue weighted by atomic mass is 31.2. The van der Waals surface area contributed by atoms with Gasteiger partial charge in [0.05, 0.1) is 13.0 Å². The molecular weight excluding hydrogens is 340 g/mol. The molecule has 0 saturated carbocycles. The smallest absolute Gasteiger partial charge is 0.368 e. The number of hydrogen-bond donors (Lipinski definition) is 6. The van der Waals surface area contributed by atoms with E-state index >= 15 is 0 Å². The van der Waals surface area contributed by atoms with Gasteiger partial charge in [0.25, 0.3) is 5.08 Å². The van der Waals surface area contributed by atoms with Crippen molar-refractivity contribution in [3.63, 3.8) is 0 Å². The summed E-state index contributed by atoms with van der Waals surface area (Å²) in [6.07, 6.45) is 3.80. The summed E-state index contributed by atoms with van der Waals surface area (Å²) in [5, 5.41) is 8.46. The van der Waals surface area contributed by atoms with Gasteiger partial charge in [-0.15, -0.1) is 6.42 Å². The fraction of sp³-hybridized carbons (Fsp3) is 0.700. The van der Waals surface area contributed by atoms with Gasteiger partial charge >= 0.3 is 15.2 Å². The Balaban J connectivity index is 4.28. The molecule has 22 heavy (non-hydrogen) atoms. The first-order valence-electron chi connectivity index (χ1n) is 6.07. The third-order valence-electron chi connectivity index (χ3n) is 2.60. The number of ether oxygens (including phenoxy) is 1. The van der Waals surface area contributed by atoms with Gasteiger partial charge in [0.15, 0.2) is 0 Å². The van der Waals surface area contributed by atoms with Crippen LogP contribution in [-0.2, 0) is 18.7 Å². The Bertz CT molecular complexity index is 481. The first kappa shape index (κ1) is 21.2. The van der Waals surface area contributed by atoms with Gasteiger partial charge in [0.2, 0.25) is 5.91 Å². The zero-order valence-electron chi connectivity index (χ0n) is 11.6. The summed E-state index contributed by atoms with van der Waals surface area (Å²) in [5.74, 6) is 1.77. The van der Waals surface area contributed by atoms with Crippen molar-refractivity contribution in [2.45, 2.75) is 24.3 Å². The van der Waals surface area contributed by atoms with Crippen LogP contribution in [0.15, 0.2) is 0 Å². The Hall–Kier alpha value is -0.750. The Morgan fingerprint density at radius 3 is 2.23 bits per heavy atom. The van der Waals surface area contributed by atoms with E-state index < -0.39 is 32.6 Å². The van der Waals surface area contributed by atoms with Crippen LogP contribution >= 0.6 is 15.2 Å². The summed E-state index contributed by atoms with van der Waals surface area (Å²) >= 11 is 0. The normalized spacial score (nSPS) is 12.7. The topological polar surface area (TPSA) is 174 Å². The molecule has 0 saturated heterocycles. The zero-order chi connectivity index (χ0) is 17.4. The largest absolute Gasteiger partial charge is 0.369 e. The van der Waals surface area contributed by atoms with E-state index in [1.807, 2.05) is 0 Å². The van der Waals surface area contributed by atoms with E-state index in [9.17, 15) is 19.0 Å². The van der Waals surface area contributed by atoms with Gasteiger partial charge in [-0.2, -0.15) is 0 Å². The van der Waals surface area contributed by atoms with Crippen LogP contribution in [0.25, 0.3) is 0 Å². The number of rotatable bonds is 10. The molecule has 0 aliphatic heterocycles. The van der Waals surface area contributed by atoms with Crippen molar-refractivity contribution in [2.24, 2.45) is 0 Å². The van der Waals surface area contributed by atoms with Gasteiger partial charge in [-0.25, -0.2) is 0 Å². The van der Waals surface area contributed by atoms with Crippen molar-refractivity contribution in [2.75, 3.05) is 19.8 Å². The first-order chi connectivity index (χ1) is 9.95. The van der Waals surface area contributed by atoms with Crippen molar-refractivity contribution in [1.82, 2.24) is 5.32 Å². The molecule has 0 rings (SSSR count). The third-order valence-corrected chi connectivity index (χ3v) is 6.48. The van der Waals surface area contributed by atoms with Crippen molar-refractivity contribution >= 4 is 21.1 Å². The lowest BCUT2D eigenvalue weighted by Crippen LogP contribution is -2.31. The summed E-state index contributed by atoms with van der Waals surface area (Å²) < 4.78 is 27.0. The molecule has 0 fully saturated rings. The maximum atomic E-state index is 11.3. The molecule has 0 unspecified atom stereocenters. The van der Waals surface area contributed by atoms with Gasteiger partial charge in [-0.1, -0.05) is 5.92 Å². The maximum Gasteiger partial charge on any atom is 0.369 e. The quantitative estimate of drug-likeness (QED) is 0.161. The predicted octanol–water partition coefficient (Wildman–Crippen LogP) is -1.08. The summed E-state index contributed by atoms with van der Waals surface area (Å²) in [6, 6.07) is 0. The summed E-state index contributed by atoms with van der Waals surface area (Å²) in [6.45, 7) is 0.0199. The second-order valence-corrected chi connectivity index (χ2v) is 8.33. The fourth-order valence-electron chi connectivity index (χ4n) is 1.40. The van der Waals surface area contributed by atoms with E-state index in [0.717, 1.165) is 0 Å². The Morgan fingerprint density at radius 1 is 1.23 bits per heavy atom. The lowest BCUT2D eigenvalue weighted by molar-refractivity contribution is -0.122. The SMILES string of the molecule is C#CCOCCC(=O)NCCCC(O)(P(=O)(O)O)P(=O)(O)O.